The smallest absolute Gasteiger partial charge is 0.308 e. The molecule has 2 atom stereocenters. The molecule has 2 aromatic rings. The quantitative estimate of drug-likeness (QED) is 0.946. The Hall–Kier alpha value is -2.43. The van der Waals surface area contributed by atoms with Crippen LogP contribution in [-0.2, 0) is 4.79 Å². The molecule has 1 aliphatic rings. The van der Waals surface area contributed by atoms with E-state index in [2.05, 4.69) is 0 Å². The van der Waals surface area contributed by atoms with E-state index >= 15 is 0 Å². The zero-order valence-corrected chi connectivity index (χ0v) is 11.7. The SMILES string of the molecule is O=C(O)[C@@H]1CN(c2ccccc2)C[C@H]1c1ccc(F)cc1F. The van der Waals surface area contributed by atoms with Crippen molar-refractivity contribution < 1.29 is 18.7 Å². The normalized spacial score (nSPS) is 21.1. The lowest BCUT2D eigenvalue weighted by atomic mass is 9.88. The zero-order valence-electron chi connectivity index (χ0n) is 11.7. The van der Waals surface area contributed by atoms with Crippen molar-refractivity contribution in [3.8, 4) is 0 Å². The fourth-order valence-corrected chi connectivity index (χ4v) is 3.02. The molecule has 5 heteroatoms. The first kappa shape index (κ1) is 14.5. The van der Waals surface area contributed by atoms with E-state index < -0.39 is 29.4 Å². The van der Waals surface area contributed by atoms with E-state index in [0.29, 0.717) is 13.1 Å². The Morgan fingerprint density at radius 2 is 1.82 bits per heavy atom. The van der Waals surface area contributed by atoms with Gasteiger partial charge in [0.05, 0.1) is 5.92 Å². The molecular formula is C17H15F2NO2. The lowest BCUT2D eigenvalue weighted by molar-refractivity contribution is -0.141. The van der Waals surface area contributed by atoms with Crippen LogP contribution in [-0.4, -0.2) is 24.2 Å². The van der Waals surface area contributed by atoms with Crippen LogP contribution in [0.5, 0.6) is 0 Å². The number of aliphatic carboxylic acids is 1. The molecule has 0 amide bonds. The summed E-state index contributed by atoms with van der Waals surface area (Å²) in [6, 6.07) is 12.7. The van der Waals surface area contributed by atoms with Gasteiger partial charge in [-0.1, -0.05) is 24.3 Å². The van der Waals surface area contributed by atoms with E-state index in [9.17, 15) is 18.7 Å². The average molecular weight is 303 g/mol. The van der Waals surface area contributed by atoms with Crippen molar-refractivity contribution in [2.45, 2.75) is 5.92 Å². The van der Waals surface area contributed by atoms with Gasteiger partial charge < -0.3 is 10.0 Å². The molecule has 1 heterocycles. The summed E-state index contributed by atoms with van der Waals surface area (Å²) >= 11 is 0. The van der Waals surface area contributed by atoms with Crippen LogP contribution in [0.25, 0.3) is 0 Å². The first-order valence-corrected chi connectivity index (χ1v) is 7.04. The van der Waals surface area contributed by atoms with Gasteiger partial charge in [-0.05, 0) is 23.8 Å². The van der Waals surface area contributed by atoms with Gasteiger partial charge in [0.1, 0.15) is 11.6 Å². The van der Waals surface area contributed by atoms with Gasteiger partial charge in [-0.25, -0.2) is 8.78 Å². The lowest BCUT2D eigenvalue weighted by Crippen LogP contribution is -2.23. The molecular weight excluding hydrogens is 288 g/mol. The van der Waals surface area contributed by atoms with Crippen molar-refractivity contribution in [1.29, 1.82) is 0 Å². The van der Waals surface area contributed by atoms with Crippen LogP contribution in [0.2, 0.25) is 0 Å². The van der Waals surface area contributed by atoms with E-state index in [1.54, 1.807) is 0 Å². The summed E-state index contributed by atoms with van der Waals surface area (Å²) in [5.74, 6) is -3.54. The van der Waals surface area contributed by atoms with Crippen molar-refractivity contribution in [1.82, 2.24) is 0 Å². The van der Waals surface area contributed by atoms with Gasteiger partial charge in [-0.2, -0.15) is 0 Å². The number of hydrogen-bond acceptors (Lipinski definition) is 2. The third kappa shape index (κ3) is 2.66. The van der Waals surface area contributed by atoms with E-state index in [1.807, 2.05) is 35.2 Å². The maximum absolute atomic E-state index is 14.0. The number of carboxylic acids is 1. The number of para-hydroxylation sites is 1. The zero-order chi connectivity index (χ0) is 15.7. The van der Waals surface area contributed by atoms with Gasteiger partial charge in [0.25, 0.3) is 0 Å². The largest absolute Gasteiger partial charge is 0.481 e. The van der Waals surface area contributed by atoms with Crippen molar-refractivity contribution in [3.63, 3.8) is 0 Å². The summed E-state index contributed by atoms with van der Waals surface area (Å²) in [5, 5.41) is 9.43. The summed E-state index contributed by atoms with van der Waals surface area (Å²) in [6.45, 7) is 0.699. The first-order chi connectivity index (χ1) is 10.6. The van der Waals surface area contributed by atoms with Crippen molar-refractivity contribution in [2.24, 2.45) is 5.92 Å². The number of halogens is 2. The predicted molar refractivity (Wildman–Crippen MR) is 78.9 cm³/mol. The summed E-state index contributed by atoms with van der Waals surface area (Å²) in [5.41, 5.74) is 1.16. The lowest BCUT2D eigenvalue weighted by Gasteiger charge is -2.18. The number of carboxylic acid groups (broad SMARTS) is 1. The number of nitrogens with zero attached hydrogens (tertiary/aromatic N) is 1. The number of benzene rings is 2. The topological polar surface area (TPSA) is 40.5 Å². The Kier molecular flexibility index (Phi) is 3.79. The molecule has 3 rings (SSSR count). The average Bonchev–Trinajstić information content (AvgIpc) is 2.93. The molecule has 0 saturated carbocycles. The molecule has 0 aromatic heterocycles. The molecule has 1 aliphatic heterocycles. The molecule has 0 aliphatic carbocycles. The summed E-state index contributed by atoms with van der Waals surface area (Å²) in [6.07, 6.45) is 0. The molecule has 0 spiro atoms. The molecule has 0 unspecified atom stereocenters. The molecule has 22 heavy (non-hydrogen) atoms. The first-order valence-electron chi connectivity index (χ1n) is 7.04. The third-order valence-electron chi connectivity index (χ3n) is 4.12. The van der Waals surface area contributed by atoms with Crippen molar-refractivity contribution >= 4 is 11.7 Å². The highest BCUT2D eigenvalue weighted by molar-refractivity contribution is 5.74. The molecule has 0 radical (unpaired) electrons. The summed E-state index contributed by atoms with van der Waals surface area (Å²) in [7, 11) is 0. The van der Waals surface area contributed by atoms with Gasteiger partial charge in [0.15, 0.2) is 0 Å². The summed E-state index contributed by atoms with van der Waals surface area (Å²) in [4.78, 5) is 13.4. The fraction of sp³-hybridized carbons (Fsp3) is 0.235. The number of carbonyl (C=O) groups is 1. The van der Waals surface area contributed by atoms with Crippen LogP contribution in [0.3, 0.4) is 0 Å². The molecule has 2 aromatic carbocycles. The highest BCUT2D eigenvalue weighted by atomic mass is 19.1. The standard InChI is InChI=1S/C17H15F2NO2/c18-11-6-7-13(16(19)8-11)14-9-20(10-15(14)17(21)22)12-4-2-1-3-5-12/h1-8,14-15H,9-10H2,(H,21,22)/t14-,15+/m0/s1. The molecule has 1 fully saturated rings. The fourth-order valence-electron chi connectivity index (χ4n) is 3.02. The molecule has 1 N–H and O–H groups in total. The van der Waals surface area contributed by atoms with E-state index in [4.69, 9.17) is 0 Å². The Balaban J connectivity index is 1.94. The number of anilines is 1. The summed E-state index contributed by atoms with van der Waals surface area (Å²) < 4.78 is 27.1. The van der Waals surface area contributed by atoms with Crippen LogP contribution in [0.1, 0.15) is 11.5 Å². The Bertz CT molecular complexity index is 690. The van der Waals surface area contributed by atoms with Crippen molar-refractivity contribution in [3.05, 3.63) is 65.7 Å². The Labute approximate surface area is 126 Å². The second-order valence-corrected chi connectivity index (χ2v) is 5.46. The minimum Gasteiger partial charge on any atom is -0.481 e. The highest BCUT2D eigenvalue weighted by Gasteiger charge is 2.39. The van der Waals surface area contributed by atoms with Crippen LogP contribution in [0.15, 0.2) is 48.5 Å². The molecule has 1 saturated heterocycles. The van der Waals surface area contributed by atoms with Gasteiger partial charge in [0.2, 0.25) is 0 Å². The second-order valence-electron chi connectivity index (χ2n) is 5.46. The predicted octanol–water partition coefficient (Wildman–Crippen LogP) is 3.27. The maximum Gasteiger partial charge on any atom is 0.308 e. The third-order valence-corrected chi connectivity index (χ3v) is 4.12. The molecule has 3 nitrogen and oxygen atoms in total. The van der Waals surface area contributed by atoms with Gasteiger partial charge in [0, 0.05) is 30.8 Å². The van der Waals surface area contributed by atoms with Gasteiger partial charge in [-0.15, -0.1) is 0 Å². The van der Waals surface area contributed by atoms with Gasteiger partial charge in [-0.3, -0.25) is 4.79 Å². The van der Waals surface area contributed by atoms with E-state index in [0.717, 1.165) is 11.8 Å². The van der Waals surface area contributed by atoms with Crippen LogP contribution in [0, 0.1) is 17.6 Å². The second kappa shape index (κ2) is 5.75. The number of hydrogen-bond donors (Lipinski definition) is 1. The molecule has 114 valence electrons. The monoisotopic (exact) mass is 303 g/mol. The van der Waals surface area contributed by atoms with Gasteiger partial charge >= 0.3 is 5.97 Å². The Morgan fingerprint density at radius 1 is 1.09 bits per heavy atom. The van der Waals surface area contributed by atoms with Crippen LogP contribution >= 0.6 is 0 Å². The molecule has 0 bridgehead atoms. The van der Waals surface area contributed by atoms with Crippen LogP contribution in [0.4, 0.5) is 14.5 Å². The minimum atomic E-state index is -0.966. The Morgan fingerprint density at radius 3 is 2.45 bits per heavy atom. The highest BCUT2D eigenvalue weighted by Crippen LogP contribution is 2.36. The van der Waals surface area contributed by atoms with Crippen molar-refractivity contribution in [2.75, 3.05) is 18.0 Å². The maximum atomic E-state index is 14.0. The van der Waals surface area contributed by atoms with E-state index in [-0.39, 0.29) is 5.56 Å². The van der Waals surface area contributed by atoms with Crippen LogP contribution < -0.4 is 4.90 Å². The number of rotatable bonds is 3. The van der Waals surface area contributed by atoms with E-state index in [1.165, 1.54) is 12.1 Å². The minimum absolute atomic E-state index is 0.257.